The number of fused-ring (bicyclic) bond motifs is 2. The molecule has 2 aromatic heterocycles. The van der Waals surface area contributed by atoms with Crippen LogP contribution >= 0.6 is 22.7 Å². The summed E-state index contributed by atoms with van der Waals surface area (Å²) < 4.78 is 5.70. The third-order valence-corrected chi connectivity index (χ3v) is 9.39. The predicted molar refractivity (Wildman–Crippen MR) is 135 cm³/mol. The molecular formula is C26H34N2O3S2. The Hall–Kier alpha value is -1.86. The lowest BCUT2D eigenvalue weighted by Crippen LogP contribution is -2.30. The van der Waals surface area contributed by atoms with E-state index in [-0.39, 0.29) is 12.0 Å². The van der Waals surface area contributed by atoms with Crippen LogP contribution in [0.2, 0.25) is 0 Å². The molecule has 1 fully saturated rings. The number of esters is 1. The fraction of sp³-hybridized carbons (Fsp3) is 0.615. The summed E-state index contributed by atoms with van der Waals surface area (Å²) in [5.41, 5.74) is 3.92. The van der Waals surface area contributed by atoms with Gasteiger partial charge in [-0.1, -0.05) is 0 Å². The standard InChI is InChI=1S/C26H34N2O3S2/c1-26(2,3)31-24(29)21-17-9-5-7-11-20(17)33-23(21)28-25(30)27-14-18-16-8-4-6-10-19(16)32-22(18)15-12-13-15/h15H,4-14H2,1-3H3,(H2,27,28,30). The molecule has 0 atom stereocenters. The summed E-state index contributed by atoms with van der Waals surface area (Å²) in [4.78, 5) is 30.3. The third-order valence-electron chi connectivity index (χ3n) is 6.69. The molecule has 5 rings (SSSR count). The van der Waals surface area contributed by atoms with Gasteiger partial charge in [0.05, 0.1) is 5.56 Å². The number of hydrogen-bond donors (Lipinski definition) is 2. The molecule has 33 heavy (non-hydrogen) atoms. The molecule has 2 heterocycles. The number of hydrogen-bond acceptors (Lipinski definition) is 5. The molecule has 1 saturated carbocycles. The van der Waals surface area contributed by atoms with Crippen molar-refractivity contribution in [3.63, 3.8) is 0 Å². The van der Waals surface area contributed by atoms with Gasteiger partial charge in [-0.3, -0.25) is 5.32 Å². The Balaban J connectivity index is 1.33. The molecule has 3 aliphatic carbocycles. The van der Waals surface area contributed by atoms with Gasteiger partial charge in [0.15, 0.2) is 0 Å². The Labute approximate surface area is 204 Å². The molecule has 7 heteroatoms. The second-order valence-corrected chi connectivity index (χ2v) is 12.8. The van der Waals surface area contributed by atoms with Crippen LogP contribution in [0.15, 0.2) is 0 Å². The van der Waals surface area contributed by atoms with Crippen LogP contribution in [0.5, 0.6) is 0 Å². The second kappa shape index (κ2) is 9.06. The largest absolute Gasteiger partial charge is 0.456 e. The van der Waals surface area contributed by atoms with Crippen LogP contribution in [0.4, 0.5) is 9.80 Å². The van der Waals surface area contributed by atoms with Crippen LogP contribution in [-0.2, 0) is 37.0 Å². The highest BCUT2D eigenvalue weighted by atomic mass is 32.1. The zero-order chi connectivity index (χ0) is 23.2. The van der Waals surface area contributed by atoms with E-state index in [2.05, 4.69) is 10.6 Å². The van der Waals surface area contributed by atoms with E-state index in [4.69, 9.17) is 4.74 Å². The van der Waals surface area contributed by atoms with Gasteiger partial charge < -0.3 is 10.1 Å². The number of aryl methyl sites for hydroxylation is 2. The Morgan fingerprint density at radius 1 is 0.939 bits per heavy atom. The molecule has 0 bridgehead atoms. The number of thiophene rings is 2. The van der Waals surface area contributed by atoms with Crippen molar-refractivity contribution in [1.82, 2.24) is 5.32 Å². The van der Waals surface area contributed by atoms with Crippen LogP contribution < -0.4 is 10.6 Å². The second-order valence-electron chi connectivity index (χ2n) is 10.6. The molecule has 0 saturated heterocycles. The number of anilines is 1. The van der Waals surface area contributed by atoms with Crippen molar-refractivity contribution in [3.8, 4) is 0 Å². The molecule has 2 aromatic rings. The van der Waals surface area contributed by atoms with Crippen molar-refractivity contribution in [1.29, 1.82) is 0 Å². The van der Waals surface area contributed by atoms with E-state index in [9.17, 15) is 9.59 Å². The highest BCUT2D eigenvalue weighted by Crippen LogP contribution is 2.48. The normalized spacial score (nSPS) is 17.8. The van der Waals surface area contributed by atoms with Crippen molar-refractivity contribution in [2.75, 3.05) is 5.32 Å². The molecule has 3 aliphatic rings. The van der Waals surface area contributed by atoms with Crippen molar-refractivity contribution < 1.29 is 14.3 Å². The van der Waals surface area contributed by atoms with Gasteiger partial charge in [0.2, 0.25) is 0 Å². The summed E-state index contributed by atoms with van der Waals surface area (Å²) >= 11 is 3.53. The van der Waals surface area contributed by atoms with Crippen LogP contribution in [0.1, 0.15) is 107 Å². The van der Waals surface area contributed by atoms with Crippen LogP contribution in [-0.4, -0.2) is 17.6 Å². The van der Waals surface area contributed by atoms with Gasteiger partial charge in [0.1, 0.15) is 10.6 Å². The first-order chi connectivity index (χ1) is 15.8. The lowest BCUT2D eigenvalue weighted by Gasteiger charge is -2.21. The van der Waals surface area contributed by atoms with E-state index < -0.39 is 5.60 Å². The van der Waals surface area contributed by atoms with Crippen LogP contribution in [0.25, 0.3) is 0 Å². The van der Waals surface area contributed by atoms with E-state index in [1.807, 2.05) is 32.1 Å². The van der Waals surface area contributed by atoms with E-state index in [0.29, 0.717) is 23.0 Å². The highest BCUT2D eigenvalue weighted by molar-refractivity contribution is 7.17. The smallest absolute Gasteiger partial charge is 0.341 e. The minimum atomic E-state index is -0.572. The maximum Gasteiger partial charge on any atom is 0.341 e. The first-order valence-corrected chi connectivity index (χ1v) is 14.0. The minimum Gasteiger partial charge on any atom is -0.456 e. The summed E-state index contributed by atoms with van der Waals surface area (Å²) in [5, 5.41) is 6.75. The molecule has 5 nitrogen and oxygen atoms in total. The summed E-state index contributed by atoms with van der Waals surface area (Å²) in [7, 11) is 0. The van der Waals surface area contributed by atoms with E-state index >= 15 is 0 Å². The van der Waals surface area contributed by atoms with Crippen molar-refractivity contribution >= 4 is 39.7 Å². The summed E-state index contributed by atoms with van der Waals surface area (Å²) in [6.07, 6.45) is 11.4. The SMILES string of the molecule is CC(C)(C)OC(=O)c1c(NC(=O)NCc2c(C3CC3)sc3c2CCCC3)sc2c1CCCC2. The zero-order valence-corrected chi connectivity index (χ0v) is 21.5. The molecule has 0 radical (unpaired) electrons. The molecule has 0 aliphatic heterocycles. The average Bonchev–Trinajstić information content (AvgIpc) is 3.44. The molecule has 0 aromatic carbocycles. The Bertz CT molecular complexity index is 1070. The minimum absolute atomic E-state index is 0.240. The average molecular weight is 487 g/mol. The Morgan fingerprint density at radius 3 is 2.24 bits per heavy atom. The Morgan fingerprint density at radius 2 is 1.58 bits per heavy atom. The molecule has 0 spiro atoms. The molecule has 2 N–H and O–H groups in total. The van der Waals surface area contributed by atoms with Crippen molar-refractivity contribution in [2.24, 2.45) is 0 Å². The maximum atomic E-state index is 13.0. The van der Waals surface area contributed by atoms with Gasteiger partial charge in [0, 0.05) is 21.2 Å². The molecular weight excluding hydrogens is 452 g/mol. The number of urea groups is 1. The maximum absolute atomic E-state index is 13.0. The van der Waals surface area contributed by atoms with Crippen molar-refractivity contribution in [2.45, 2.75) is 103 Å². The zero-order valence-electron chi connectivity index (χ0n) is 19.9. The van der Waals surface area contributed by atoms with E-state index in [0.717, 1.165) is 37.7 Å². The quantitative estimate of drug-likeness (QED) is 0.461. The lowest BCUT2D eigenvalue weighted by molar-refractivity contribution is 0.00699. The fourth-order valence-corrected chi connectivity index (χ4v) is 7.89. The van der Waals surface area contributed by atoms with Crippen LogP contribution in [0, 0.1) is 0 Å². The topological polar surface area (TPSA) is 67.4 Å². The lowest BCUT2D eigenvalue weighted by atomic mass is 9.94. The monoisotopic (exact) mass is 486 g/mol. The first kappa shape index (κ1) is 22.9. The predicted octanol–water partition coefficient (Wildman–Crippen LogP) is 6.72. The first-order valence-electron chi connectivity index (χ1n) is 12.4. The fourth-order valence-electron chi connectivity index (χ4n) is 5.04. The number of ether oxygens (including phenoxy) is 1. The van der Waals surface area contributed by atoms with Gasteiger partial charge in [-0.05, 0) is 108 Å². The molecule has 2 amide bonds. The molecule has 0 unspecified atom stereocenters. The number of rotatable bonds is 5. The van der Waals surface area contributed by atoms with Gasteiger partial charge in [-0.15, -0.1) is 22.7 Å². The molecule has 178 valence electrons. The van der Waals surface area contributed by atoms with Gasteiger partial charge in [-0.25, -0.2) is 9.59 Å². The van der Waals surface area contributed by atoms with Crippen molar-refractivity contribution in [3.05, 3.63) is 36.9 Å². The summed E-state index contributed by atoms with van der Waals surface area (Å²) in [5.74, 6) is 0.364. The summed E-state index contributed by atoms with van der Waals surface area (Å²) in [6, 6.07) is -0.240. The summed E-state index contributed by atoms with van der Waals surface area (Å²) in [6.45, 7) is 6.20. The number of carbonyl (C=O) groups excluding carboxylic acids is 2. The highest BCUT2D eigenvalue weighted by Gasteiger charge is 2.32. The third kappa shape index (κ3) is 4.99. The number of nitrogens with one attached hydrogen (secondary N) is 2. The Kier molecular flexibility index (Phi) is 6.29. The van der Waals surface area contributed by atoms with Gasteiger partial charge >= 0.3 is 12.0 Å². The van der Waals surface area contributed by atoms with Gasteiger partial charge in [0.25, 0.3) is 0 Å². The van der Waals surface area contributed by atoms with E-state index in [1.54, 1.807) is 4.88 Å². The number of amides is 2. The van der Waals surface area contributed by atoms with Crippen LogP contribution in [0.3, 0.4) is 0 Å². The number of carbonyl (C=O) groups is 2. The van der Waals surface area contributed by atoms with Gasteiger partial charge in [-0.2, -0.15) is 0 Å². The van der Waals surface area contributed by atoms with E-state index in [1.165, 1.54) is 64.3 Å².